The lowest BCUT2D eigenvalue weighted by Crippen LogP contribution is -2.45. The Labute approximate surface area is 144 Å². The first-order chi connectivity index (χ1) is 11.6. The number of morpholine rings is 1. The highest BCUT2D eigenvalue weighted by Crippen LogP contribution is 2.21. The van der Waals surface area contributed by atoms with Crippen molar-refractivity contribution in [1.82, 2.24) is 15.2 Å². The van der Waals surface area contributed by atoms with Gasteiger partial charge >= 0.3 is 6.03 Å². The zero-order valence-corrected chi connectivity index (χ0v) is 14.4. The van der Waals surface area contributed by atoms with Crippen LogP contribution in [0.1, 0.15) is 21.1 Å². The molecule has 0 saturated carbocycles. The van der Waals surface area contributed by atoms with Gasteiger partial charge in [0.15, 0.2) is 0 Å². The average Bonchev–Trinajstić information content (AvgIpc) is 2.95. The molecule has 1 aliphatic rings. The first-order valence-corrected chi connectivity index (χ1v) is 8.73. The van der Waals surface area contributed by atoms with Gasteiger partial charge in [0.2, 0.25) is 0 Å². The number of ether oxygens (including phenoxy) is 1. The molecule has 2 heterocycles. The number of carbonyl (C=O) groups excluding carboxylic acids is 1. The molecule has 0 bridgehead atoms. The monoisotopic (exact) mass is 349 g/mol. The van der Waals surface area contributed by atoms with Gasteiger partial charge in [0.05, 0.1) is 25.5 Å². The van der Waals surface area contributed by atoms with Crippen molar-refractivity contribution >= 4 is 17.4 Å². The van der Waals surface area contributed by atoms with Crippen molar-refractivity contribution in [1.29, 1.82) is 0 Å². The molecule has 2 aromatic rings. The van der Waals surface area contributed by atoms with Crippen LogP contribution in [0, 0.1) is 12.7 Å². The van der Waals surface area contributed by atoms with E-state index in [9.17, 15) is 9.18 Å². The molecule has 24 heavy (non-hydrogen) atoms. The molecular weight excluding hydrogens is 329 g/mol. The van der Waals surface area contributed by atoms with E-state index in [1.54, 1.807) is 28.4 Å². The van der Waals surface area contributed by atoms with Gasteiger partial charge in [0.1, 0.15) is 10.8 Å². The maximum Gasteiger partial charge on any atom is 0.317 e. The van der Waals surface area contributed by atoms with E-state index in [1.807, 2.05) is 6.92 Å². The smallest absolute Gasteiger partial charge is 0.317 e. The molecule has 128 valence electrons. The molecule has 0 radical (unpaired) electrons. The predicted molar refractivity (Wildman–Crippen MR) is 90.7 cm³/mol. The van der Waals surface area contributed by atoms with Crippen molar-refractivity contribution < 1.29 is 13.9 Å². The van der Waals surface area contributed by atoms with Crippen molar-refractivity contribution in [2.75, 3.05) is 26.3 Å². The minimum atomic E-state index is -0.230. The third-order valence-corrected chi connectivity index (χ3v) is 5.06. The summed E-state index contributed by atoms with van der Waals surface area (Å²) in [4.78, 5) is 19.5. The standard InChI is InChI=1S/C17H20FN3O2S/c1-12-15(10-13-2-4-14(18)5-3-13)24-16(20-12)11-19-17(22)21-6-8-23-9-7-21/h2-5H,6-11H2,1H3,(H,19,22). The highest BCUT2D eigenvalue weighted by atomic mass is 32.1. The molecule has 5 nitrogen and oxygen atoms in total. The topological polar surface area (TPSA) is 54.5 Å². The number of thiazole rings is 1. The van der Waals surface area contributed by atoms with Gasteiger partial charge < -0.3 is 15.0 Å². The van der Waals surface area contributed by atoms with Crippen LogP contribution >= 0.6 is 11.3 Å². The number of hydrogen-bond donors (Lipinski definition) is 1. The molecule has 1 aromatic heterocycles. The van der Waals surface area contributed by atoms with Crippen LogP contribution < -0.4 is 5.32 Å². The first kappa shape index (κ1) is 16.9. The molecule has 2 amide bonds. The van der Waals surface area contributed by atoms with E-state index in [1.165, 1.54) is 12.1 Å². The summed E-state index contributed by atoms with van der Waals surface area (Å²) in [6.07, 6.45) is 0.723. The Bertz CT molecular complexity index is 696. The molecule has 0 spiro atoms. The summed E-state index contributed by atoms with van der Waals surface area (Å²) in [5.74, 6) is -0.230. The number of rotatable bonds is 4. The highest BCUT2D eigenvalue weighted by Gasteiger charge is 2.17. The van der Waals surface area contributed by atoms with Crippen LogP contribution in [0.2, 0.25) is 0 Å². The second-order valence-electron chi connectivity index (χ2n) is 5.68. The number of aromatic nitrogens is 1. The molecule has 1 N–H and O–H groups in total. The number of carbonyl (C=O) groups is 1. The maximum atomic E-state index is 13.0. The molecule has 1 aliphatic heterocycles. The van der Waals surface area contributed by atoms with Gasteiger partial charge in [-0.1, -0.05) is 12.1 Å². The Morgan fingerprint density at radius 2 is 2.04 bits per heavy atom. The summed E-state index contributed by atoms with van der Waals surface area (Å²) < 4.78 is 18.2. The van der Waals surface area contributed by atoms with Gasteiger partial charge in [0.25, 0.3) is 0 Å². The second kappa shape index (κ2) is 7.72. The van der Waals surface area contributed by atoms with Crippen molar-refractivity contribution in [2.24, 2.45) is 0 Å². The van der Waals surface area contributed by atoms with E-state index >= 15 is 0 Å². The Morgan fingerprint density at radius 1 is 1.33 bits per heavy atom. The van der Waals surface area contributed by atoms with Crippen LogP contribution in [0.5, 0.6) is 0 Å². The third-order valence-electron chi connectivity index (χ3n) is 3.90. The van der Waals surface area contributed by atoms with Crippen LogP contribution in [-0.4, -0.2) is 42.2 Å². The first-order valence-electron chi connectivity index (χ1n) is 7.92. The Hall–Kier alpha value is -1.99. The normalized spacial score (nSPS) is 14.7. The van der Waals surface area contributed by atoms with Gasteiger partial charge in [-0.15, -0.1) is 11.3 Å². The average molecular weight is 349 g/mol. The van der Waals surface area contributed by atoms with Gasteiger partial charge in [-0.05, 0) is 24.6 Å². The summed E-state index contributed by atoms with van der Waals surface area (Å²) in [7, 11) is 0. The fraction of sp³-hybridized carbons (Fsp3) is 0.412. The number of nitrogens with zero attached hydrogens (tertiary/aromatic N) is 2. The van der Waals surface area contributed by atoms with E-state index in [0.29, 0.717) is 32.8 Å². The van der Waals surface area contributed by atoms with E-state index in [2.05, 4.69) is 10.3 Å². The molecule has 0 aliphatic carbocycles. The summed E-state index contributed by atoms with van der Waals surface area (Å²) >= 11 is 1.58. The summed E-state index contributed by atoms with van der Waals surface area (Å²) in [6, 6.07) is 6.43. The van der Waals surface area contributed by atoms with Gasteiger partial charge in [-0.3, -0.25) is 0 Å². The number of nitrogens with one attached hydrogen (secondary N) is 1. The SMILES string of the molecule is Cc1nc(CNC(=O)N2CCOCC2)sc1Cc1ccc(F)cc1. The van der Waals surface area contributed by atoms with E-state index in [4.69, 9.17) is 4.74 Å². The zero-order chi connectivity index (χ0) is 16.9. The minimum absolute atomic E-state index is 0.0776. The van der Waals surface area contributed by atoms with Crippen LogP contribution in [0.4, 0.5) is 9.18 Å². The number of benzene rings is 1. The van der Waals surface area contributed by atoms with Crippen molar-refractivity contribution in [3.05, 3.63) is 51.2 Å². The van der Waals surface area contributed by atoms with E-state index < -0.39 is 0 Å². The molecule has 1 fully saturated rings. The lowest BCUT2D eigenvalue weighted by atomic mass is 10.1. The quantitative estimate of drug-likeness (QED) is 0.923. The minimum Gasteiger partial charge on any atom is -0.378 e. The van der Waals surface area contributed by atoms with Crippen LogP contribution in [0.25, 0.3) is 0 Å². The Morgan fingerprint density at radius 3 is 2.75 bits per heavy atom. The van der Waals surface area contributed by atoms with E-state index in [-0.39, 0.29) is 11.8 Å². The lowest BCUT2D eigenvalue weighted by molar-refractivity contribution is 0.0531. The van der Waals surface area contributed by atoms with Crippen molar-refractivity contribution in [3.8, 4) is 0 Å². The highest BCUT2D eigenvalue weighted by molar-refractivity contribution is 7.11. The summed E-state index contributed by atoms with van der Waals surface area (Å²) in [5, 5.41) is 3.79. The number of urea groups is 1. The fourth-order valence-corrected chi connectivity index (χ4v) is 3.59. The molecule has 1 aromatic carbocycles. The largest absolute Gasteiger partial charge is 0.378 e. The fourth-order valence-electron chi connectivity index (χ4n) is 2.55. The molecule has 0 atom stereocenters. The predicted octanol–water partition coefficient (Wildman–Crippen LogP) is 2.72. The third kappa shape index (κ3) is 4.30. The van der Waals surface area contributed by atoms with E-state index in [0.717, 1.165) is 27.6 Å². The Kier molecular flexibility index (Phi) is 5.42. The number of hydrogen-bond acceptors (Lipinski definition) is 4. The zero-order valence-electron chi connectivity index (χ0n) is 13.5. The van der Waals surface area contributed by atoms with Crippen molar-refractivity contribution in [2.45, 2.75) is 19.9 Å². The van der Waals surface area contributed by atoms with Gasteiger partial charge in [-0.2, -0.15) is 0 Å². The van der Waals surface area contributed by atoms with Gasteiger partial charge in [0, 0.05) is 24.4 Å². The number of halogens is 1. The summed E-state index contributed by atoms with van der Waals surface area (Å²) in [5.41, 5.74) is 2.01. The molecular formula is C17H20FN3O2S. The van der Waals surface area contributed by atoms with Crippen LogP contribution in [-0.2, 0) is 17.7 Å². The summed E-state index contributed by atoms with van der Waals surface area (Å²) in [6.45, 7) is 4.81. The van der Waals surface area contributed by atoms with Crippen LogP contribution in [0.3, 0.4) is 0 Å². The number of amides is 2. The molecule has 1 saturated heterocycles. The lowest BCUT2D eigenvalue weighted by Gasteiger charge is -2.26. The Balaban J connectivity index is 1.57. The molecule has 0 unspecified atom stereocenters. The number of aryl methyl sites for hydroxylation is 1. The van der Waals surface area contributed by atoms with Crippen LogP contribution in [0.15, 0.2) is 24.3 Å². The second-order valence-corrected chi connectivity index (χ2v) is 6.85. The van der Waals surface area contributed by atoms with Gasteiger partial charge in [-0.25, -0.2) is 14.2 Å². The van der Waals surface area contributed by atoms with Crippen molar-refractivity contribution in [3.63, 3.8) is 0 Å². The molecule has 3 rings (SSSR count). The molecule has 7 heteroatoms. The maximum absolute atomic E-state index is 13.0.